The van der Waals surface area contributed by atoms with E-state index in [1.54, 1.807) is 30.1 Å². The highest BCUT2D eigenvalue weighted by molar-refractivity contribution is 9.10. The van der Waals surface area contributed by atoms with E-state index in [0.29, 0.717) is 31.7 Å². The Bertz CT molecular complexity index is 897. The maximum absolute atomic E-state index is 12.2. The van der Waals surface area contributed by atoms with Crippen molar-refractivity contribution in [3.05, 3.63) is 58.6 Å². The van der Waals surface area contributed by atoms with E-state index < -0.39 is 9.84 Å². The van der Waals surface area contributed by atoms with Gasteiger partial charge in [0.05, 0.1) is 11.5 Å². The molecule has 158 valence electrons. The number of hydrogen-bond donors (Lipinski definition) is 0. The molecule has 0 fully saturated rings. The second kappa shape index (κ2) is 11.4. The third-order valence-corrected chi connectivity index (χ3v) is 6.22. The molecule has 0 saturated carbocycles. The fourth-order valence-electron chi connectivity index (χ4n) is 2.86. The van der Waals surface area contributed by atoms with Crippen LogP contribution in [0.1, 0.15) is 31.2 Å². The average molecular weight is 482 g/mol. The molecule has 29 heavy (non-hydrogen) atoms. The Morgan fingerprint density at radius 3 is 2.48 bits per heavy atom. The first kappa shape index (κ1) is 23.4. The zero-order valence-corrected chi connectivity index (χ0v) is 19.3. The van der Waals surface area contributed by atoms with Gasteiger partial charge in [-0.15, -0.1) is 0 Å². The van der Waals surface area contributed by atoms with Crippen molar-refractivity contribution in [2.24, 2.45) is 0 Å². The number of rotatable bonds is 11. The van der Waals surface area contributed by atoms with Crippen molar-refractivity contribution < 1.29 is 17.9 Å². The minimum atomic E-state index is -3.25. The summed E-state index contributed by atoms with van der Waals surface area (Å²) in [6.45, 7) is 1.03. The summed E-state index contributed by atoms with van der Waals surface area (Å²) in [6.07, 6.45) is 5.24. The average Bonchev–Trinajstić information content (AvgIpc) is 2.69. The van der Waals surface area contributed by atoms with Gasteiger partial charge in [0.25, 0.3) is 0 Å². The third kappa shape index (κ3) is 8.58. The lowest BCUT2D eigenvalue weighted by Crippen LogP contribution is -2.28. The van der Waals surface area contributed by atoms with Gasteiger partial charge in [0.15, 0.2) is 9.84 Å². The molecule has 1 amide bonds. The van der Waals surface area contributed by atoms with Gasteiger partial charge in [0.1, 0.15) is 5.75 Å². The van der Waals surface area contributed by atoms with Crippen LogP contribution in [0, 0.1) is 0 Å². The van der Waals surface area contributed by atoms with Gasteiger partial charge in [0.2, 0.25) is 5.91 Å². The summed E-state index contributed by atoms with van der Waals surface area (Å²) in [5.41, 5.74) is 1.28. The summed E-state index contributed by atoms with van der Waals surface area (Å²) in [4.78, 5) is 14.2. The van der Waals surface area contributed by atoms with E-state index in [1.807, 2.05) is 12.1 Å². The van der Waals surface area contributed by atoms with Crippen LogP contribution in [0.3, 0.4) is 0 Å². The van der Waals surface area contributed by atoms with E-state index in [-0.39, 0.29) is 10.8 Å². The van der Waals surface area contributed by atoms with Crippen molar-refractivity contribution in [2.45, 2.75) is 37.0 Å². The van der Waals surface area contributed by atoms with Crippen molar-refractivity contribution in [1.82, 2.24) is 4.90 Å². The van der Waals surface area contributed by atoms with Crippen molar-refractivity contribution in [1.29, 1.82) is 0 Å². The van der Waals surface area contributed by atoms with Gasteiger partial charge in [-0.1, -0.05) is 34.1 Å². The zero-order chi connectivity index (χ0) is 21.3. The van der Waals surface area contributed by atoms with Gasteiger partial charge in [-0.25, -0.2) is 8.42 Å². The second-order valence-corrected chi connectivity index (χ2v) is 10.0. The summed E-state index contributed by atoms with van der Waals surface area (Å²) in [7, 11) is -1.44. The molecule has 2 rings (SSSR count). The maximum Gasteiger partial charge on any atom is 0.222 e. The molecule has 0 N–H and O–H groups in total. The highest BCUT2D eigenvalue weighted by Gasteiger charge is 2.10. The standard InChI is InChI=1S/C22H28BrNO4S/c1-24(22(25)10-4-3-7-18-11-13-19(23)14-12-18)15-6-16-28-20-8-5-9-21(17-20)29(2,26)27/h5,8-9,11-14,17H,3-4,6-7,10,15-16H2,1-2H3. The summed E-state index contributed by atoms with van der Waals surface area (Å²) < 4.78 is 29.9. The van der Waals surface area contributed by atoms with Crippen LogP contribution in [0.15, 0.2) is 57.9 Å². The first-order valence-electron chi connectivity index (χ1n) is 9.67. The number of halogens is 1. The summed E-state index contributed by atoms with van der Waals surface area (Å²) in [5, 5.41) is 0. The number of hydrogen-bond acceptors (Lipinski definition) is 4. The Labute approximate surface area is 182 Å². The monoisotopic (exact) mass is 481 g/mol. The Hall–Kier alpha value is -1.86. The van der Waals surface area contributed by atoms with Crippen molar-refractivity contribution in [2.75, 3.05) is 26.5 Å². The molecule has 0 aliphatic heterocycles. The quantitative estimate of drug-likeness (QED) is 0.443. The molecule has 0 spiro atoms. The van der Waals surface area contributed by atoms with E-state index >= 15 is 0 Å². The highest BCUT2D eigenvalue weighted by atomic mass is 79.9. The van der Waals surface area contributed by atoms with E-state index in [9.17, 15) is 13.2 Å². The van der Waals surface area contributed by atoms with Gasteiger partial charge in [-0.3, -0.25) is 4.79 Å². The number of amides is 1. The number of unbranched alkanes of at least 4 members (excludes halogenated alkanes) is 1. The molecule has 5 nitrogen and oxygen atoms in total. The Morgan fingerprint density at radius 2 is 1.79 bits per heavy atom. The van der Waals surface area contributed by atoms with E-state index in [2.05, 4.69) is 28.1 Å². The topological polar surface area (TPSA) is 63.7 Å². The minimum absolute atomic E-state index is 0.139. The van der Waals surface area contributed by atoms with Crippen LogP contribution < -0.4 is 4.74 Å². The summed E-state index contributed by atoms with van der Waals surface area (Å²) >= 11 is 3.43. The molecular weight excluding hydrogens is 454 g/mol. The van der Waals surface area contributed by atoms with Crippen molar-refractivity contribution >= 4 is 31.7 Å². The largest absolute Gasteiger partial charge is 0.493 e. The minimum Gasteiger partial charge on any atom is -0.493 e. The van der Waals surface area contributed by atoms with Gasteiger partial charge in [0, 0.05) is 30.7 Å². The number of nitrogens with zero attached hydrogens (tertiary/aromatic N) is 1. The molecule has 0 saturated heterocycles. The number of aryl methyl sites for hydroxylation is 1. The molecule has 0 bridgehead atoms. The molecule has 0 unspecified atom stereocenters. The van der Waals surface area contributed by atoms with Crippen LogP contribution in [0.4, 0.5) is 0 Å². The Morgan fingerprint density at radius 1 is 1.07 bits per heavy atom. The summed E-state index contributed by atoms with van der Waals surface area (Å²) in [5.74, 6) is 0.662. The number of carbonyl (C=O) groups is 1. The molecule has 2 aromatic rings. The van der Waals surface area contributed by atoms with Crippen LogP contribution in [0.5, 0.6) is 5.75 Å². The molecule has 0 atom stereocenters. The highest BCUT2D eigenvalue weighted by Crippen LogP contribution is 2.17. The van der Waals surface area contributed by atoms with Crippen LogP contribution in [0.2, 0.25) is 0 Å². The van der Waals surface area contributed by atoms with E-state index in [4.69, 9.17) is 4.74 Å². The SMILES string of the molecule is CN(CCCOc1cccc(S(C)(=O)=O)c1)C(=O)CCCCc1ccc(Br)cc1. The zero-order valence-electron chi connectivity index (χ0n) is 16.9. The van der Waals surface area contributed by atoms with Crippen LogP contribution >= 0.6 is 15.9 Å². The molecule has 0 heterocycles. The molecule has 0 aliphatic carbocycles. The van der Waals surface area contributed by atoms with Gasteiger partial charge in [-0.05, 0) is 61.6 Å². The maximum atomic E-state index is 12.2. The van der Waals surface area contributed by atoms with Crippen LogP contribution in [0.25, 0.3) is 0 Å². The fourth-order valence-corrected chi connectivity index (χ4v) is 3.78. The lowest BCUT2D eigenvalue weighted by atomic mass is 10.1. The lowest BCUT2D eigenvalue weighted by molar-refractivity contribution is -0.130. The first-order valence-corrected chi connectivity index (χ1v) is 12.4. The lowest BCUT2D eigenvalue weighted by Gasteiger charge is -2.17. The molecule has 2 aromatic carbocycles. The number of benzene rings is 2. The van der Waals surface area contributed by atoms with Crippen LogP contribution in [-0.4, -0.2) is 45.7 Å². The predicted octanol–water partition coefficient (Wildman–Crippen LogP) is 4.49. The second-order valence-electron chi connectivity index (χ2n) is 7.10. The van der Waals surface area contributed by atoms with Crippen molar-refractivity contribution in [3.8, 4) is 5.75 Å². The van der Waals surface area contributed by atoms with Crippen molar-refractivity contribution in [3.63, 3.8) is 0 Å². The number of carbonyl (C=O) groups excluding carboxylic acids is 1. The molecular formula is C22H28BrNO4S. The van der Waals surface area contributed by atoms with E-state index in [0.717, 1.165) is 23.7 Å². The smallest absolute Gasteiger partial charge is 0.222 e. The molecule has 7 heteroatoms. The number of sulfone groups is 1. The first-order chi connectivity index (χ1) is 13.8. The number of ether oxygens (including phenoxy) is 1. The Kier molecular flexibility index (Phi) is 9.17. The van der Waals surface area contributed by atoms with E-state index in [1.165, 1.54) is 17.9 Å². The molecule has 0 radical (unpaired) electrons. The molecule has 0 aromatic heterocycles. The van der Waals surface area contributed by atoms with Gasteiger partial charge < -0.3 is 9.64 Å². The normalized spacial score (nSPS) is 11.3. The van der Waals surface area contributed by atoms with Gasteiger partial charge >= 0.3 is 0 Å². The predicted molar refractivity (Wildman–Crippen MR) is 119 cm³/mol. The van der Waals surface area contributed by atoms with Crippen LogP contribution in [-0.2, 0) is 21.1 Å². The molecule has 0 aliphatic rings. The summed E-state index contributed by atoms with van der Waals surface area (Å²) in [6, 6.07) is 14.7. The Balaban J connectivity index is 1.62. The van der Waals surface area contributed by atoms with Gasteiger partial charge in [-0.2, -0.15) is 0 Å². The third-order valence-electron chi connectivity index (χ3n) is 4.59. The fraction of sp³-hybridized carbons (Fsp3) is 0.409.